The van der Waals surface area contributed by atoms with E-state index in [9.17, 15) is 0 Å². The molecule has 0 saturated carbocycles. The van der Waals surface area contributed by atoms with Crippen LogP contribution in [0.2, 0.25) is 0 Å². The number of fused-ring (bicyclic) bond motifs is 11. The van der Waals surface area contributed by atoms with Crippen LogP contribution in [0.4, 0.5) is 34.1 Å². The molecule has 0 aliphatic rings. The van der Waals surface area contributed by atoms with Crippen LogP contribution in [0.1, 0.15) is 11.1 Å². The van der Waals surface area contributed by atoms with E-state index in [1.54, 1.807) is 0 Å². The summed E-state index contributed by atoms with van der Waals surface area (Å²) in [6.07, 6.45) is 0. The van der Waals surface area contributed by atoms with Gasteiger partial charge in [0.2, 0.25) is 0 Å². The molecule has 336 valence electrons. The van der Waals surface area contributed by atoms with Gasteiger partial charge in [0.25, 0.3) is 0 Å². The van der Waals surface area contributed by atoms with Crippen molar-refractivity contribution in [2.24, 2.45) is 0 Å². The monoisotopic (exact) mass is 912 g/mol. The van der Waals surface area contributed by atoms with Crippen molar-refractivity contribution in [3.05, 3.63) is 242 Å². The summed E-state index contributed by atoms with van der Waals surface area (Å²) in [6, 6.07) is 81.4. The van der Waals surface area contributed by atoms with Crippen LogP contribution in [0.3, 0.4) is 0 Å². The average Bonchev–Trinajstić information content (AvgIpc) is 4.13. The summed E-state index contributed by atoms with van der Waals surface area (Å²) in [4.78, 5) is 4.68. The molecule has 0 saturated heterocycles. The predicted octanol–water partition coefficient (Wildman–Crippen LogP) is 19.4. The van der Waals surface area contributed by atoms with Crippen LogP contribution in [0.15, 0.2) is 244 Å². The number of para-hydroxylation sites is 6. The van der Waals surface area contributed by atoms with E-state index in [0.29, 0.717) is 0 Å². The molecular weight excluding hydrogens is 869 g/mol. The third kappa shape index (κ3) is 6.40. The topological polar surface area (TPSA) is 45.9 Å². The van der Waals surface area contributed by atoms with E-state index in [-0.39, 0.29) is 0 Å². The summed E-state index contributed by atoms with van der Waals surface area (Å²) in [5.41, 5.74) is 17.5. The smallest absolute Gasteiger partial charge is 0.159 e. The van der Waals surface area contributed by atoms with Crippen molar-refractivity contribution >= 4 is 111 Å². The molecule has 3 heterocycles. The maximum atomic E-state index is 7.15. The van der Waals surface area contributed by atoms with Crippen LogP contribution in [-0.2, 0) is 0 Å². The molecule has 0 fully saturated rings. The van der Waals surface area contributed by atoms with Gasteiger partial charge in [0, 0.05) is 72.3 Å². The molecule has 3 aromatic heterocycles. The van der Waals surface area contributed by atoms with E-state index in [2.05, 4.69) is 242 Å². The van der Waals surface area contributed by atoms with Crippen LogP contribution in [0, 0.1) is 13.8 Å². The number of rotatable bonds is 8. The molecule has 0 spiro atoms. The standard InChI is InChI=1S/C66H44N2O3/c1-41-19-9-13-33-55(41)67(57-35-17-31-52-50-29-15-27-46(63(50)70-65(52)57)43-21-5-3-6-22-43)45-37-38-54-60(39-45)69-61-40-59(48-25-11-12-26-49(48)62(54)61)68(56-34-14-10-20-42(56)2)58-36-18-32-53-51-30-16-28-47(64(51)71-66(53)58)44-23-7-4-8-24-44/h3-40H,1-2H3. The molecule has 0 aliphatic heterocycles. The minimum Gasteiger partial charge on any atom is -0.456 e. The van der Waals surface area contributed by atoms with E-state index in [0.717, 1.165) is 144 Å². The average molecular weight is 913 g/mol. The van der Waals surface area contributed by atoms with E-state index in [1.807, 2.05) is 12.1 Å². The van der Waals surface area contributed by atoms with Gasteiger partial charge in [-0.1, -0.05) is 182 Å². The SMILES string of the molecule is Cc1ccccc1N(c1ccc2c(c1)oc1cc(N(c3ccccc3C)c3cccc4c3oc3c(-c5ccccc5)cccc34)c3ccccc3c12)c1cccc2c1oc1c(-c3ccccc3)cccc12. The third-order valence-electron chi connectivity index (χ3n) is 14.3. The lowest BCUT2D eigenvalue weighted by Crippen LogP contribution is -2.12. The second-order valence-electron chi connectivity index (χ2n) is 18.4. The van der Waals surface area contributed by atoms with Gasteiger partial charge in [0.1, 0.15) is 22.3 Å². The van der Waals surface area contributed by atoms with Crippen molar-refractivity contribution in [3.63, 3.8) is 0 Å². The molecule has 5 heteroatoms. The van der Waals surface area contributed by atoms with E-state index in [1.165, 1.54) is 0 Å². The zero-order chi connectivity index (χ0) is 47.2. The van der Waals surface area contributed by atoms with Crippen molar-refractivity contribution < 1.29 is 13.3 Å². The van der Waals surface area contributed by atoms with Gasteiger partial charge in [-0.05, 0) is 77.9 Å². The largest absolute Gasteiger partial charge is 0.456 e. The van der Waals surface area contributed by atoms with Crippen LogP contribution in [0.5, 0.6) is 0 Å². The van der Waals surface area contributed by atoms with Gasteiger partial charge >= 0.3 is 0 Å². The summed E-state index contributed by atoms with van der Waals surface area (Å²) in [6.45, 7) is 4.34. The molecule has 14 aromatic rings. The van der Waals surface area contributed by atoms with Gasteiger partial charge < -0.3 is 23.1 Å². The first kappa shape index (κ1) is 40.7. The fourth-order valence-corrected chi connectivity index (χ4v) is 11.0. The molecule has 0 radical (unpaired) electrons. The Labute approximate surface area is 409 Å². The van der Waals surface area contributed by atoms with E-state index in [4.69, 9.17) is 13.3 Å². The summed E-state index contributed by atoms with van der Waals surface area (Å²) >= 11 is 0. The number of hydrogen-bond acceptors (Lipinski definition) is 5. The van der Waals surface area contributed by atoms with Crippen molar-refractivity contribution in [1.82, 2.24) is 0 Å². The Balaban J connectivity index is 0.981. The first-order chi connectivity index (χ1) is 35.1. The summed E-state index contributed by atoms with van der Waals surface area (Å²) in [5.74, 6) is 0. The van der Waals surface area contributed by atoms with Gasteiger partial charge in [-0.15, -0.1) is 0 Å². The van der Waals surface area contributed by atoms with Crippen LogP contribution >= 0.6 is 0 Å². The highest BCUT2D eigenvalue weighted by Crippen LogP contribution is 2.50. The predicted molar refractivity (Wildman–Crippen MR) is 295 cm³/mol. The van der Waals surface area contributed by atoms with Gasteiger partial charge in [-0.2, -0.15) is 0 Å². The Hall–Kier alpha value is -9.32. The lowest BCUT2D eigenvalue weighted by Gasteiger charge is -2.28. The molecule has 0 unspecified atom stereocenters. The number of aryl methyl sites for hydroxylation is 2. The quantitative estimate of drug-likeness (QED) is 0.152. The van der Waals surface area contributed by atoms with Gasteiger partial charge in [-0.25, -0.2) is 0 Å². The normalized spacial score (nSPS) is 11.8. The molecule has 0 amide bonds. The second kappa shape index (κ2) is 16.2. The highest BCUT2D eigenvalue weighted by atomic mass is 16.3. The maximum absolute atomic E-state index is 7.15. The fourth-order valence-electron chi connectivity index (χ4n) is 11.0. The highest BCUT2D eigenvalue weighted by Gasteiger charge is 2.27. The molecule has 0 N–H and O–H groups in total. The molecule has 5 nitrogen and oxygen atoms in total. The van der Waals surface area contributed by atoms with Crippen LogP contribution < -0.4 is 9.80 Å². The molecule has 0 bridgehead atoms. The van der Waals surface area contributed by atoms with Crippen LogP contribution in [-0.4, -0.2) is 0 Å². The Morgan fingerprint density at radius 1 is 0.282 bits per heavy atom. The van der Waals surface area contributed by atoms with Gasteiger partial charge in [-0.3, -0.25) is 0 Å². The highest BCUT2D eigenvalue weighted by molar-refractivity contribution is 6.24. The number of anilines is 6. The maximum Gasteiger partial charge on any atom is 0.159 e. The lowest BCUT2D eigenvalue weighted by atomic mass is 9.99. The Bertz CT molecular complexity index is 4390. The lowest BCUT2D eigenvalue weighted by molar-refractivity contribution is 0.667. The Kier molecular flexibility index (Phi) is 9.26. The molecule has 14 rings (SSSR count). The summed E-state index contributed by atoms with van der Waals surface area (Å²) in [7, 11) is 0. The molecule has 0 atom stereocenters. The molecular formula is C66H44N2O3. The van der Waals surface area contributed by atoms with Crippen molar-refractivity contribution in [2.45, 2.75) is 13.8 Å². The number of nitrogens with zero attached hydrogens (tertiary/aromatic N) is 2. The summed E-state index contributed by atoms with van der Waals surface area (Å²) < 4.78 is 21.3. The minimum atomic E-state index is 0.789. The van der Waals surface area contributed by atoms with E-state index < -0.39 is 0 Å². The zero-order valence-corrected chi connectivity index (χ0v) is 39.1. The number of benzene rings is 11. The number of hydrogen-bond donors (Lipinski definition) is 0. The molecule has 71 heavy (non-hydrogen) atoms. The van der Waals surface area contributed by atoms with E-state index >= 15 is 0 Å². The zero-order valence-electron chi connectivity index (χ0n) is 39.1. The first-order valence-corrected chi connectivity index (χ1v) is 24.2. The number of furan rings is 3. The summed E-state index contributed by atoms with van der Waals surface area (Å²) in [5, 5.41) is 8.59. The van der Waals surface area contributed by atoms with Gasteiger partial charge in [0.15, 0.2) is 11.2 Å². The van der Waals surface area contributed by atoms with Crippen molar-refractivity contribution in [3.8, 4) is 22.3 Å². The first-order valence-electron chi connectivity index (χ1n) is 24.2. The Morgan fingerprint density at radius 3 is 1.31 bits per heavy atom. The third-order valence-corrected chi connectivity index (χ3v) is 14.3. The fraction of sp³-hybridized carbons (Fsp3) is 0.0303. The van der Waals surface area contributed by atoms with Crippen molar-refractivity contribution in [2.75, 3.05) is 9.80 Å². The molecule has 11 aromatic carbocycles. The van der Waals surface area contributed by atoms with Gasteiger partial charge in [0.05, 0.1) is 22.7 Å². The minimum absolute atomic E-state index is 0.789. The molecule has 0 aliphatic carbocycles. The Morgan fingerprint density at radius 2 is 0.732 bits per heavy atom. The van der Waals surface area contributed by atoms with Crippen molar-refractivity contribution in [1.29, 1.82) is 0 Å². The second-order valence-corrected chi connectivity index (χ2v) is 18.4. The van der Waals surface area contributed by atoms with Crippen LogP contribution in [0.25, 0.3) is 98.8 Å².